The first-order chi connectivity index (χ1) is 12.2. The van der Waals surface area contributed by atoms with Crippen molar-refractivity contribution in [3.05, 3.63) is 66.0 Å². The first-order valence-corrected chi connectivity index (χ1v) is 8.46. The Hall–Kier alpha value is -2.83. The zero-order valence-electron chi connectivity index (χ0n) is 13.0. The predicted octanol–water partition coefficient (Wildman–Crippen LogP) is 4.27. The summed E-state index contributed by atoms with van der Waals surface area (Å²) in [5.74, 6) is 0.0693. The molecule has 0 saturated carbocycles. The zero-order valence-corrected chi connectivity index (χ0v) is 13.8. The molecule has 25 heavy (non-hydrogen) atoms. The molecule has 0 saturated heterocycles. The molecule has 2 heterocycles. The monoisotopic (exact) mass is 352 g/mol. The van der Waals surface area contributed by atoms with E-state index in [0.29, 0.717) is 17.0 Å². The maximum Gasteiger partial charge on any atom is 0.188 e. The first kappa shape index (κ1) is 15.7. The number of aliphatic hydroxyl groups is 1. The first-order valence-electron chi connectivity index (χ1n) is 7.64. The van der Waals surface area contributed by atoms with Crippen molar-refractivity contribution in [1.82, 2.24) is 9.97 Å². The highest BCUT2D eigenvalue weighted by Crippen LogP contribution is 2.35. The van der Waals surface area contributed by atoms with Gasteiger partial charge < -0.3 is 10.1 Å². The van der Waals surface area contributed by atoms with Crippen molar-refractivity contribution in [2.24, 2.45) is 0 Å². The molecule has 0 unspecified atom stereocenters. The summed E-state index contributed by atoms with van der Waals surface area (Å²) < 4.78 is 13.9. The maximum absolute atomic E-state index is 13.9. The van der Waals surface area contributed by atoms with Crippen molar-refractivity contribution in [3.63, 3.8) is 0 Å². The van der Waals surface area contributed by atoms with E-state index in [2.05, 4.69) is 9.97 Å². The van der Waals surface area contributed by atoms with Gasteiger partial charge in [0.2, 0.25) is 0 Å². The van der Waals surface area contributed by atoms with E-state index in [0.717, 1.165) is 20.8 Å². The second-order valence-corrected chi connectivity index (χ2v) is 6.63. The second kappa shape index (κ2) is 6.23. The van der Waals surface area contributed by atoms with Gasteiger partial charge in [0.1, 0.15) is 18.2 Å². The third-order valence-corrected chi connectivity index (χ3v) is 5.05. The number of thiophene rings is 1. The third-order valence-electron chi connectivity index (χ3n) is 3.93. The highest BCUT2D eigenvalue weighted by Gasteiger charge is 2.13. The van der Waals surface area contributed by atoms with Gasteiger partial charge in [-0.05, 0) is 36.4 Å². The van der Waals surface area contributed by atoms with Crippen LogP contribution in [0.25, 0.3) is 32.2 Å². The van der Waals surface area contributed by atoms with Gasteiger partial charge in [0.05, 0.1) is 15.9 Å². The van der Waals surface area contributed by atoms with Crippen LogP contribution in [0.3, 0.4) is 0 Å². The fourth-order valence-corrected chi connectivity index (χ4v) is 3.64. The van der Waals surface area contributed by atoms with E-state index in [1.54, 1.807) is 36.4 Å². The standard InChI is InChI=1S/C19H13FN2O2S/c20-13-4-2-1-3-12(13)17-7-8-18(25-17)19-21-14-6-5-11(16(24)10-23)9-15(14)22-19/h1-9,23H,10H2,(H,21,22). The molecule has 0 spiro atoms. The van der Waals surface area contributed by atoms with Crippen LogP contribution in [0, 0.1) is 5.82 Å². The molecular formula is C19H13FN2O2S. The number of hydrogen-bond donors (Lipinski definition) is 2. The molecule has 2 aromatic carbocycles. The number of carbonyl (C=O) groups excluding carboxylic acids is 1. The molecule has 0 aliphatic carbocycles. The second-order valence-electron chi connectivity index (χ2n) is 5.54. The van der Waals surface area contributed by atoms with Gasteiger partial charge in [-0.15, -0.1) is 11.3 Å². The minimum atomic E-state index is -0.524. The van der Waals surface area contributed by atoms with Gasteiger partial charge in [-0.25, -0.2) is 9.37 Å². The Labute approximate surface area is 146 Å². The fourth-order valence-electron chi connectivity index (χ4n) is 2.66. The van der Waals surface area contributed by atoms with Gasteiger partial charge >= 0.3 is 0 Å². The Morgan fingerprint density at radius 3 is 2.72 bits per heavy atom. The van der Waals surface area contributed by atoms with Gasteiger partial charge in [0.15, 0.2) is 5.78 Å². The van der Waals surface area contributed by atoms with E-state index in [9.17, 15) is 9.18 Å². The SMILES string of the molecule is O=C(CO)c1ccc2nc(-c3ccc(-c4ccccc4F)s3)[nH]c2c1. The highest BCUT2D eigenvalue weighted by atomic mass is 32.1. The summed E-state index contributed by atoms with van der Waals surface area (Å²) in [5.41, 5.74) is 2.44. The number of halogens is 1. The number of nitrogens with one attached hydrogen (secondary N) is 1. The summed E-state index contributed by atoms with van der Waals surface area (Å²) in [5, 5.41) is 8.97. The molecule has 6 heteroatoms. The Morgan fingerprint density at radius 1 is 1.12 bits per heavy atom. The van der Waals surface area contributed by atoms with Crippen LogP contribution < -0.4 is 0 Å². The molecule has 0 fully saturated rings. The van der Waals surface area contributed by atoms with E-state index in [1.807, 2.05) is 12.1 Å². The van der Waals surface area contributed by atoms with Crippen molar-refractivity contribution in [2.75, 3.05) is 6.61 Å². The van der Waals surface area contributed by atoms with Crippen LogP contribution >= 0.6 is 11.3 Å². The number of H-pyrrole nitrogens is 1. The number of imidazole rings is 1. The van der Waals surface area contributed by atoms with Crippen LogP contribution in [0.2, 0.25) is 0 Å². The molecule has 0 aliphatic rings. The lowest BCUT2D eigenvalue weighted by Gasteiger charge is -1.98. The van der Waals surface area contributed by atoms with Crippen molar-refractivity contribution < 1.29 is 14.3 Å². The van der Waals surface area contributed by atoms with Crippen molar-refractivity contribution in [3.8, 4) is 21.1 Å². The largest absolute Gasteiger partial charge is 0.388 e. The van der Waals surface area contributed by atoms with Crippen LogP contribution in [-0.4, -0.2) is 27.5 Å². The van der Waals surface area contributed by atoms with Gasteiger partial charge in [0.25, 0.3) is 0 Å². The molecule has 4 aromatic rings. The number of aromatic nitrogens is 2. The number of fused-ring (bicyclic) bond motifs is 1. The number of rotatable bonds is 4. The molecule has 0 radical (unpaired) electrons. The lowest BCUT2D eigenvalue weighted by atomic mass is 10.1. The summed E-state index contributed by atoms with van der Waals surface area (Å²) in [6.45, 7) is -0.524. The quantitative estimate of drug-likeness (QED) is 0.539. The molecule has 124 valence electrons. The summed E-state index contributed by atoms with van der Waals surface area (Å²) in [6, 6.07) is 15.5. The Kier molecular flexibility index (Phi) is 3.91. The van der Waals surface area contributed by atoms with Crippen LogP contribution in [-0.2, 0) is 0 Å². The molecule has 0 bridgehead atoms. The van der Waals surface area contributed by atoms with Crippen molar-refractivity contribution >= 4 is 28.2 Å². The average molecular weight is 352 g/mol. The minimum absolute atomic E-state index is 0.257. The number of benzene rings is 2. The van der Waals surface area contributed by atoms with E-state index < -0.39 is 6.61 Å². The molecular weight excluding hydrogens is 339 g/mol. The molecule has 2 aromatic heterocycles. The number of hydrogen-bond acceptors (Lipinski definition) is 4. The predicted molar refractivity (Wildman–Crippen MR) is 96.2 cm³/mol. The maximum atomic E-state index is 13.9. The van der Waals surface area contributed by atoms with E-state index >= 15 is 0 Å². The van der Waals surface area contributed by atoms with Gasteiger partial charge in [-0.3, -0.25) is 4.79 Å². The number of ketones is 1. The van der Waals surface area contributed by atoms with Gasteiger partial charge in [-0.1, -0.05) is 18.2 Å². The van der Waals surface area contributed by atoms with Crippen molar-refractivity contribution in [2.45, 2.75) is 0 Å². The summed E-state index contributed by atoms with van der Waals surface area (Å²) in [4.78, 5) is 21.0. The Morgan fingerprint density at radius 2 is 1.92 bits per heavy atom. The molecule has 0 aliphatic heterocycles. The summed E-state index contributed by atoms with van der Waals surface area (Å²) in [6.07, 6.45) is 0. The number of carbonyl (C=O) groups is 1. The lowest BCUT2D eigenvalue weighted by molar-refractivity contribution is 0.0904. The molecule has 4 nitrogen and oxygen atoms in total. The third kappa shape index (κ3) is 2.86. The molecule has 2 N–H and O–H groups in total. The lowest BCUT2D eigenvalue weighted by Crippen LogP contribution is -2.03. The number of aliphatic hydroxyl groups excluding tert-OH is 1. The minimum Gasteiger partial charge on any atom is -0.388 e. The number of Topliss-reactive ketones (excluding diaryl/α,β-unsaturated/α-hetero) is 1. The Balaban J connectivity index is 1.73. The molecule has 0 atom stereocenters. The van der Waals surface area contributed by atoms with Crippen molar-refractivity contribution in [1.29, 1.82) is 0 Å². The number of nitrogens with zero attached hydrogens (tertiary/aromatic N) is 1. The number of aromatic amines is 1. The van der Waals surface area contributed by atoms with Crippen LogP contribution in [0.15, 0.2) is 54.6 Å². The van der Waals surface area contributed by atoms with E-state index in [-0.39, 0.29) is 11.6 Å². The zero-order chi connectivity index (χ0) is 17.4. The summed E-state index contributed by atoms with van der Waals surface area (Å²) >= 11 is 1.44. The summed E-state index contributed by atoms with van der Waals surface area (Å²) in [7, 11) is 0. The fraction of sp³-hybridized carbons (Fsp3) is 0.0526. The average Bonchev–Trinajstić information content (AvgIpc) is 3.27. The van der Waals surface area contributed by atoms with E-state index in [4.69, 9.17) is 5.11 Å². The van der Waals surface area contributed by atoms with Crippen LogP contribution in [0.5, 0.6) is 0 Å². The van der Waals surface area contributed by atoms with E-state index in [1.165, 1.54) is 17.4 Å². The van der Waals surface area contributed by atoms with Gasteiger partial charge in [-0.2, -0.15) is 0 Å². The molecule has 4 rings (SSSR count). The Bertz CT molecular complexity index is 1080. The van der Waals surface area contributed by atoms with Gasteiger partial charge in [0, 0.05) is 16.0 Å². The van der Waals surface area contributed by atoms with Crippen LogP contribution in [0.1, 0.15) is 10.4 Å². The topological polar surface area (TPSA) is 66.0 Å². The normalized spacial score (nSPS) is 11.1. The molecule has 0 amide bonds. The van der Waals surface area contributed by atoms with Crippen LogP contribution in [0.4, 0.5) is 4.39 Å². The smallest absolute Gasteiger partial charge is 0.188 e. The highest BCUT2D eigenvalue weighted by molar-refractivity contribution is 7.18.